The molecule has 0 aliphatic heterocycles. The third-order valence-electron chi connectivity index (χ3n) is 4.46. The van der Waals surface area contributed by atoms with Crippen LogP contribution in [0, 0.1) is 6.92 Å². The fourth-order valence-corrected chi connectivity index (χ4v) is 3.85. The van der Waals surface area contributed by atoms with E-state index in [2.05, 4.69) is 35.3 Å². The van der Waals surface area contributed by atoms with Crippen LogP contribution in [0.15, 0.2) is 53.2 Å². The lowest BCUT2D eigenvalue weighted by Gasteiger charge is -2.05. The Kier molecular flexibility index (Phi) is 4.85. The fraction of sp³-hybridized carbons (Fsp3) is 0.0500. The van der Waals surface area contributed by atoms with E-state index in [1.54, 1.807) is 31.3 Å². The molecule has 1 amide bonds. The maximum atomic E-state index is 12.3. The van der Waals surface area contributed by atoms with Crippen molar-refractivity contribution in [3.63, 3.8) is 0 Å². The Balaban J connectivity index is 1.35. The van der Waals surface area contributed by atoms with Crippen LogP contribution in [0.5, 0.6) is 0 Å². The summed E-state index contributed by atoms with van der Waals surface area (Å²) in [4.78, 5) is 16.8. The molecular formula is C20H14ClN7O2S. The number of fused-ring (bicyclic) bond motifs is 1. The second-order valence-corrected chi connectivity index (χ2v) is 7.80. The SMILES string of the molecule is Cc1cc(C(=O)Nc2cccc(-c3nsc(Nc4ccc5[nH]ncc5c4Cl)n3)c2)on1. The van der Waals surface area contributed by atoms with E-state index in [-0.39, 0.29) is 11.7 Å². The summed E-state index contributed by atoms with van der Waals surface area (Å²) in [6.45, 7) is 1.75. The van der Waals surface area contributed by atoms with Gasteiger partial charge in [0.25, 0.3) is 5.91 Å². The zero-order valence-electron chi connectivity index (χ0n) is 16.0. The first-order valence-corrected chi connectivity index (χ1v) is 10.3. The molecule has 11 heteroatoms. The Morgan fingerprint density at radius 1 is 1.23 bits per heavy atom. The van der Waals surface area contributed by atoms with E-state index in [0.29, 0.717) is 33.0 Å². The predicted molar refractivity (Wildman–Crippen MR) is 119 cm³/mol. The van der Waals surface area contributed by atoms with Gasteiger partial charge in [-0.3, -0.25) is 9.89 Å². The first-order chi connectivity index (χ1) is 15.1. The monoisotopic (exact) mass is 451 g/mol. The maximum Gasteiger partial charge on any atom is 0.294 e. The van der Waals surface area contributed by atoms with E-state index in [9.17, 15) is 4.79 Å². The van der Waals surface area contributed by atoms with E-state index >= 15 is 0 Å². The molecule has 0 saturated carbocycles. The third kappa shape index (κ3) is 3.86. The average molecular weight is 452 g/mol. The number of anilines is 3. The van der Waals surface area contributed by atoms with Crippen LogP contribution in [-0.4, -0.2) is 30.6 Å². The van der Waals surface area contributed by atoms with Crippen molar-refractivity contribution in [3.8, 4) is 11.4 Å². The molecular weight excluding hydrogens is 438 g/mol. The molecule has 0 saturated heterocycles. The van der Waals surface area contributed by atoms with Crippen LogP contribution in [0.25, 0.3) is 22.3 Å². The number of aromatic amines is 1. The molecule has 0 fully saturated rings. The van der Waals surface area contributed by atoms with Crippen LogP contribution in [0.1, 0.15) is 16.2 Å². The highest BCUT2D eigenvalue weighted by Gasteiger charge is 2.14. The van der Waals surface area contributed by atoms with Crippen molar-refractivity contribution in [2.45, 2.75) is 6.92 Å². The molecule has 9 nitrogen and oxygen atoms in total. The Morgan fingerprint density at radius 2 is 2.13 bits per heavy atom. The van der Waals surface area contributed by atoms with Gasteiger partial charge in [0.15, 0.2) is 5.82 Å². The van der Waals surface area contributed by atoms with Crippen LogP contribution >= 0.6 is 23.1 Å². The molecule has 0 bridgehead atoms. The molecule has 0 spiro atoms. The highest BCUT2D eigenvalue weighted by Crippen LogP contribution is 2.33. The van der Waals surface area contributed by atoms with E-state index in [1.807, 2.05) is 24.3 Å². The lowest BCUT2D eigenvalue weighted by molar-refractivity contribution is 0.0988. The number of aryl methyl sites for hydroxylation is 1. The van der Waals surface area contributed by atoms with Crippen molar-refractivity contribution in [2.24, 2.45) is 0 Å². The predicted octanol–water partition coefficient (Wildman–Crippen LogP) is 5.03. The molecule has 154 valence electrons. The molecule has 0 aliphatic carbocycles. The molecule has 0 aliphatic rings. The quantitative estimate of drug-likeness (QED) is 0.342. The highest BCUT2D eigenvalue weighted by atomic mass is 35.5. The Labute approximate surface area is 184 Å². The number of carbonyl (C=O) groups is 1. The Bertz CT molecular complexity index is 1410. The second kappa shape index (κ2) is 7.82. The average Bonchev–Trinajstić information content (AvgIpc) is 3.51. The van der Waals surface area contributed by atoms with Crippen molar-refractivity contribution >= 4 is 56.4 Å². The number of carbonyl (C=O) groups excluding carboxylic acids is 1. The normalized spacial score (nSPS) is 11.0. The maximum absolute atomic E-state index is 12.3. The zero-order valence-corrected chi connectivity index (χ0v) is 17.6. The Morgan fingerprint density at radius 3 is 2.97 bits per heavy atom. The molecule has 31 heavy (non-hydrogen) atoms. The van der Waals surface area contributed by atoms with Gasteiger partial charge in [-0.15, -0.1) is 0 Å². The number of rotatable bonds is 5. The summed E-state index contributed by atoms with van der Waals surface area (Å²) in [5.41, 5.74) is 3.55. The number of nitrogens with zero attached hydrogens (tertiary/aromatic N) is 4. The van der Waals surface area contributed by atoms with Crippen molar-refractivity contribution in [3.05, 3.63) is 65.1 Å². The topological polar surface area (TPSA) is 122 Å². The molecule has 0 atom stereocenters. The van der Waals surface area contributed by atoms with Gasteiger partial charge in [-0.1, -0.05) is 28.9 Å². The van der Waals surface area contributed by atoms with Crippen molar-refractivity contribution in [2.75, 3.05) is 10.6 Å². The number of aromatic nitrogens is 5. The van der Waals surface area contributed by atoms with Crippen molar-refractivity contribution in [1.82, 2.24) is 24.7 Å². The number of halogens is 1. The summed E-state index contributed by atoms with van der Waals surface area (Å²) in [5.74, 6) is 0.294. The minimum atomic E-state index is -0.379. The minimum Gasteiger partial charge on any atom is -0.351 e. The fourth-order valence-electron chi connectivity index (χ4n) is 2.99. The summed E-state index contributed by atoms with van der Waals surface area (Å²) < 4.78 is 9.41. The summed E-state index contributed by atoms with van der Waals surface area (Å²) in [6, 6.07) is 12.6. The molecule has 2 aromatic carbocycles. The van der Waals surface area contributed by atoms with Gasteiger partial charge in [-0.2, -0.15) is 14.5 Å². The van der Waals surface area contributed by atoms with Crippen molar-refractivity contribution < 1.29 is 9.32 Å². The first kappa shape index (κ1) is 19.2. The lowest BCUT2D eigenvalue weighted by atomic mass is 10.2. The molecule has 3 N–H and O–H groups in total. The van der Waals surface area contributed by atoms with E-state index in [0.717, 1.165) is 16.5 Å². The smallest absolute Gasteiger partial charge is 0.294 e. The van der Waals surface area contributed by atoms with Gasteiger partial charge in [0.1, 0.15) is 0 Å². The van der Waals surface area contributed by atoms with Crippen LogP contribution in [0.4, 0.5) is 16.5 Å². The van der Waals surface area contributed by atoms with Gasteiger partial charge in [0.2, 0.25) is 10.9 Å². The van der Waals surface area contributed by atoms with Gasteiger partial charge in [-0.05, 0) is 31.2 Å². The molecule has 0 unspecified atom stereocenters. The van der Waals surface area contributed by atoms with Gasteiger partial charge in [0.05, 0.1) is 28.1 Å². The molecule has 3 heterocycles. The van der Waals surface area contributed by atoms with Gasteiger partial charge >= 0.3 is 0 Å². The summed E-state index contributed by atoms with van der Waals surface area (Å²) in [5, 5.41) is 18.5. The van der Waals surface area contributed by atoms with Crippen LogP contribution in [-0.2, 0) is 0 Å². The van der Waals surface area contributed by atoms with Crippen LogP contribution in [0.3, 0.4) is 0 Å². The second-order valence-electron chi connectivity index (χ2n) is 6.67. The molecule has 3 aromatic heterocycles. The highest BCUT2D eigenvalue weighted by molar-refractivity contribution is 7.10. The van der Waals surface area contributed by atoms with E-state index in [1.165, 1.54) is 11.5 Å². The number of H-pyrrole nitrogens is 1. The molecule has 5 aromatic rings. The summed E-state index contributed by atoms with van der Waals surface area (Å²) in [7, 11) is 0. The van der Waals surface area contributed by atoms with Gasteiger partial charge < -0.3 is 15.2 Å². The van der Waals surface area contributed by atoms with E-state index < -0.39 is 0 Å². The third-order valence-corrected chi connectivity index (χ3v) is 5.49. The number of nitrogens with one attached hydrogen (secondary N) is 3. The van der Waals surface area contributed by atoms with Crippen LogP contribution < -0.4 is 10.6 Å². The largest absolute Gasteiger partial charge is 0.351 e. The molecule has 0 radical (unpaired) electrons. The summed E-state index contributed by atoms with van der Waals surface area (Å²) in [6.07, 6.45) is 1.67. The van der Waals surface area contributed by atoms with Crippen LogP contribution in [0.2, 0.25) is 5.02 Å². The first-order valence-electron chi connectivity index (χ1n) is 9.14. The van der Waals surface area contributed by atoms with E-state index in [4.69, 9.17) is 16.1 Å². The molecule has 5 rings (SSSR count). The van der Waals surface area contributed by atoms with Gasteiger partial charge in [0, 0.05) is 34.2 Å². The Hall–Kier alpha value is -3.76. The lowest BCUT2D eigenvalue weighted by Crippen LogP contribution is -2.10. The number of amides is 1. The minimum absolute atomic E-state index is 0.146. The summed E-state index contributed by atoms with van der Waals surface area (Å²) >= 11 is 7.67. The number of hydrogen-bond donors (Lipinski definition) is 3. The standard InChI is InChI=1S/C20H14ClN7O2S/c1-10-7-16(30-27-10)19(29)23-12-4-2-3-11(8-12)18-25-20(31-28-18)24-15-6-5-14-13(17(15)21)9-22-26-14/h2-9H,1H3,(H,22,26)(H,23,29)(H,24,25,28). The number of benzene rings is 2. The number of hydrogen-bond acceptors (Lipinski definition) is 8. The van der Waals surface area contributed by atoms with Crippen molar-refractivity contribution in [1.29, 1.82) is 0 Å². The zero-order chi connectivity index (χ0) is 21.4. The van der Waals surface area contributed by atoms with Gasteiger partial charge in [-0.25, -0.2) is 0 Å².